The predicted molar refractivity (Wildman–Crippen MR) is 31.2 cm³/mol. The molecule has 0 aromatic heterocycles. The quantitative estimate of drug-likeness (QED) is 0.423. The summed E-state index contributed by atoms with van der Waals surface area (Å²) in [5, 5.41) is 16.6. The van der Waals surface area contributed by atoms with Crippen molar-refractivity contribution in [1.29, 1.82) is 0 Å². The Hall–Kier alpha value is -0.610. The minimum absolute atomic E-state index is 0.00926. The van der Waals surface area contributed by atoms with Crippen LogP contribution in [-0.2, 0) is 4.79 Å². The fraction of sp³-hybridized carbons (Fsp3) is 0.800. The van der Waals surface area contributed by atoms with Gasteiger partial charge in [0.2, 0.25) is 5.91 Å². The third-order valence-electron chi connectivity index (χ3n) is 1.05. The molecular weight excluding hydrogens is 122 g/mol. The summed E-state index contributed by atoms with van der Waals surface area (Å²) in [6.45, 7) is 1.54. The average molecular weight is 133 g/mol. The van der Waals surface area contributed by atoms with Gasteiger partial charge in [0.1, 0.15) is 0 Å². The number of primary amides is 1. The second-order valence-electron chi connectivity index (χ2n) is 2.02. The molecule has 4 nitrogen and oxygen atoms in total. The van der Waals surface area contributed by atoms with Crippen LogP contribution in [-0.4, -0.2) is 22.4 Å². The first kappa shape index (κ1) is 8.39. The third kappa shape index (κ3) is 3.93. The normalized spacial score (nSPS) is 13.8. The molecule has 0 bridgehead atoms. The second kappa shape index (κ2) is 3.42. The number of aliphatic hydroxyl groups excluding tert-OH is 1. The largest absolute Gasteiger partial charge is 0.369 e. The summed E-state index contributed by atoms with van der Waals surface area (Å²) in [7, 11) is 0. The van der Waals surface area contributed by atoms with E-state index in [0.717, 1.165) is 0 Å². The highest BCUT2D eigenvalue weighted by atomic mass is 16.5. The van der Waals surface area contributed by atoms with E-state index in [4.69, 9.17) is 15.9 Å². The van der Waals surface area contributed by atoms with Gasteiger partial charge in [0, 0.05) is 12.3 Å². The summed E-state index contributed by atoms with van der Waals surface area (Å²) in [6.07, 6.45) is -1.43. The van der Waals surface area contributed by atoms with Crippen molar-refractivity contribution in [3.63, 3.8) is 0 Å². The number of hydrogen-bond acceptors (Lipinski definition) is 3. The number of hydrogen-bond donors (Lipinski definition) is 3. The second-order valence-corrected chi connectivity index (χ2v) is 2.02. The van der Waals surface area contributed by atoms with E-state index in [1.165, 1.54) is 0 Å². The van der Waals surface area contributed by atoms with Crippen LogP contribution >= 0.6 is 0 Å². The lowest BCUT2D eigenvalue weighted by atomic mass is 10.1. The van der Waals surface area contributed by atoms with Gasteiger partial charge >= 0.3 is 0 Å². The number of rotatable bonds is 3. The summed E-state index contributed by atoms with van der Waals surface area (Å²) in [4.78, 5) is 10.2. The van der Waals surface area contributed by atoms with Crippen LogP contribution < -0.4 is 5.73 Å². The number of aliphatic hydroxyl groups is 2. The van der Waals surface area contributed by atoms with Crippen LogP contribution in [0, 0.1) is 5.92 Å². The molecule has 0 aliphatic heterocycles. The van der Waals surface area contributed by atoms with Crippen LogP contribution in [0.15, 0.2) is 0 Å². The van der Waals surface area contributed by atoms with Crippen molar-refractivity contribution in [2.24, 2.45) is 11.7 Å². The molecule has 0 unspecified atom stereocenters. The maximum atomic E-state index is 10.2. The summed E-state index contributed by atoms with van der Waals surface area (Å²) in [5.41, 5.74) is 4.82. The van der Waals surface area contributed by atoms with Gasteiger partial charge in [0.25, 0.3) is 0 Å². The molecule has 4 heteroatoms. The van der Waals surface area contributed by atoms with Crippen molar-refractivity contribution in [2.45, 2.75) is 19.6 Å². The first-order valence-corrected chi connectivity index (χ1v) is 2.69. The Labute approximate surface area is 53.3 Å². The summed E-state index contributed by atoms with van der Waals surface area (Å²) < 4.78 is 0. The predicted octanol–water partition coefficient (Wildman–Crippen LogP) is -1.19. The molecular formula is C5H11NO3. The molecule has 1 amide bonds. The van der Waals surface area contributed by atoms with Crippen molar-refractivity contribution in [2.75, 3.05) is 0 Å². The molecule has 0 fully saturated rings. The Balaban J connectivity index is 3.50. The summed E-state index contributed by atoms with van der Waals surface area (Å²) in [6, 6.07) is 0. The summed E-state index contributed by atoms with van der Waals surface area (Å²) in [5.74, 6) is -0.979. The molecule has 0 rings (SSSR count). The van der Waals surface area contributed by atoms with Crippen molar-refractivity contribution < 1.29 is 15.0 Å². The van der Waals surface area contributed by atoms with Crippen LogP contribution in [0.5, 0.6) is 0 Å². The van der Waals surface area contributed by atoms with Crippen LogP contribution in [0.25, 0.3) is 0 Å². The van der Waals surface area contributed by atoms with Gasteiger partial charge in [-0.25, -0.2) is 0 Å². The lowest BCUT2D eigenvalue weighted by Gasteiger charge is -2.06. The summed E-state index contributed by atoms with van der Waals surface area (Å²) >= 11 is 0. The molecule has 0 aliphatic carbocycles. The number of carbonyl (C=O) groups excluding carboxylic acids is 1. The van der Waals surface area contributed by atoms with E-state index < -0.39 is 18.1 Å². The zero-order valence-electron chi connectivity index (χ0n) is 5.24. The molecule has 0 aromatic carbocycles. The Morgan fingerprint density at radius 1 is 1.67 bits per heavy atom. The van der Waals surface area contributed by atoms with Crippen LogP contribution in [0.4, 0.5) is 0 Å². The lowest BCUT2D eigenvalue weighted by Crippen LogP contribution is -2.24. The zero-order valence-corrected chi connectivity index (χ0v) is 5.24. The first-order valence-electron chi connectivity index (χ1n) is 2.69. The minimum Gasteiger partial charge on any atom is -0.369 e. The van der Waals surface area contributed by atoms with Gasteiger partial charge in [-0.05, 0) is 0 Å². The SMILES string of the molecule is C[C@@H](CC(O)O)C(N)=O. The maximum absolute atomic E-state index is 10.2. The zero-order chi connectivity index (χ0) is 7.44. The van der Waals surface area contributed by atoms with E-state index in [1.54, 1.807) is 6.92 Å². The monoisotopic (exact) mass is 133 g/mol. The molecule has 0 saturated heterocycles. The first-order chi connectivity index (χ1) is 4.04. The van der Waals surface area contributed by atoms with Gasteiger partial charge < -0.3 is 15.9 Å². The molecule has 54 valence electrons. The molecule has 0 spiro atoms. The molecule has 1 atom stereocenters. The molecule has 0 saturated carbocycles. The third-order valence-corrected chi connectivity index (χ3v) is 1.05. The highest BCUT2D eigenvalue weighted by molar-refractivity contribution is 5.76. The van der Waals surface area contributed by atoms with Gasteiger partial charge in [0.15, 0.2) is 6.29 Å². The van der Waals surface area contributed by atoms with E-state index in [2.05, 4.69) is 0 Å². The maximum Gasteiger partial charge on any atom is 0.220 e. The Morgan fingerprint density at radius 2 is 2.11 bits per heavy atom. The van der Waals surface area contributed by atoms with Gasteiger partial charge in [-0.1, -0.05) is 6.92 Å². The van der Waals surface area contributed by atoms with E-state index in [1.807, 2.05) is 0 Å². The lowest BCUT2D eigenvalue weighted by molar-refractivity contribution is -0.125. The molecule has 4 N–H and O–H groups in total. The van der Waals surface area contributed by atoms with Gasteiger partial charge in [-0.3, -0.25) is 4.79 Å². The van der Waals surface area contributed by atoms with Crippen LogP contribution in [0.1, 0.15) is 13.3 Å². The topological polar surface area (TPSA) is 83.6 Å². The average Bonchev–Trinajstić information content (AvgIpc) is 1.63. The Bertz CT molecular complexity index is 102. The Morgan fingerprint density at radius 3 is 2.22 bits per heavy atom. The standard InChI is InChI=1S/C5H11NO3/c1-3(5(6)9)2-4(7)8/h3-4,7-8H,2H2,1H3,(H2,6,9)/t3-/m0/s1. The van der Waals surface area contributed by atoms with E-state index in [-0.39, 0.29) is 6.42 Å². The van der Waals surface area contributed by atoms with Crippen molar-refractivity contribution in [3.8, 4) is 0 Å². The van der Waals surface area contributed by atoms with Crippen molar-refractivity contribution >= 4 is 5.91 Å². The van der Waals surface area contributed by atoms with Gasteiger partial charge in [-0.2, -0.15) is 0 Å². The van der Waals surface area contributed by atoms with E-state index in [0.29, 0.717) is 0 Å². The molecule has 0 heterocycles. The minimum atomic E-state index is -1.44. The fourth-order valence-corrected chi connectivity index (χ4v) is 0.432. The van der Waals surface area contributed by atoms with Gasteiger partial charge in [0.05, 0.1) is 0 Å². The molecule has 0 radical (unpaired) electrons. The Kier molecular flexibility index (Phi) is 3.19. The van der Waals surface area contributed by atoms with Crippen molar-refractivity contribution in [1.82, 2.24) is 0 Å². The highest BCUT2D eigenvalue weighted by Crippen LogP contribution is 2.01. The van der Waals surface area contributed by atoms with Crippen LogP contribution in [0.2, 0.25) is 0 Å². The number of carbonyl (C=O) groups is 1. The number of nitrogens with two attached hydrogens (primary N) is 1. The van der Waals surface area contributed by atoms with Crippen LogP contribution in [0.3, 0.4) is 0 Å². The molecule has 0 aliphatic rings. The van der Waals surface area contributed by atoms with Crippen molar-refractivity contribution in [3.05, 3.63) is 0 Å². The molecule has 0 aromatic rings. The van der Waals surface area contributed by atoms with Gasteiger partial charge in [-0.15, -0.1) is 0 Å². The van der Waals surface area contributed by atoms with E-state index in [9.17, 15) is 4.79 Å². The molecule has 9 heavy (non-hydrogen) atoms. The smallest absolute Gasteiger partial charge is 0.220 e. The number of amides is 1. The highest BCUT2D eigenvalue weighted by Gasteiger charge is 2.11. The fourth-order valence-electron chi connectivity index (χ4n) is 0.432. The van der Waals surface area contributed by atoms with E-state index >= 15 is 0 Å².